The first-order valence-electron chi connectivity index (χ1n) is 7.77. The van der Waals surface area contributed by atoms with E-state index in [0.29, 0.717) is 6.04 Å². The zero-order chi connectivity index (χ0) is 14.7. The minimum atomic E-state index is 0.571. The first-order valence-corrected chi connectivity index (χ1v) is 8.65. The summed E-state index contributed by atoms with van der Waals surface area (Å²) in [6.07, 6.45) is 2.31. The molecular weight excluding hydrogens is 276 g/mol. The van der Waals surface area contributed by atoms with E-state index < -0.39 is 0 Å². The van der Waals surface area contributed by atoms with Crippen molar-refractivity contribution in [3.63, 3.8) is 0 Å². The van der Waals surface area contributed by atoms with Crippen molar-refractivity contribution in [1.29, 1.82) is 0 Å². The molecule has 3 heteroatoms. The molecule has 0 saturated carbocycles. The molecule has 2 nitrogen and oxygen atoms in total. The minimum Gasteiger partial charge on any atom is -0.312 e. The second-order valence-electron chi connectivity index (χ2n) is 6.03. The lowest BCUT2D eigenvalue weighted by Crippen LogP contribution is -2.31. The monoisotopic (exact) mass is 300 g/mol. The molecule has 2 heterocycles. The Bertz CT molecular complexity index is 577. The third-order valence-electron chi connectivity index (χ3n) is 4.49. The number of hydrogen-bond donors (Lipinski definition) is 1. The molecule has 1 aromatic carbocycles. The van der Waals surface area contributed by atoms with Crippen LogP contribution < -0.4 is 5.32 Å². The number of nitrogens with zero attached hydrogens (tertiary/aromatic N) is 1. The van der Waals surface area contributed by atoms with Crippen LogP contribution in [0.5, 0.6) is 0 Å². The van der Waals surface area contributed by atoms with Gasteiger partial charge in [0.05, 0.1) is 0 Å². The largest absolute Gasteiger partial charge is 0.312 e. The van der Waals surface area contributed by atoms with Crippen molar-refractivity contribution in [3.05, 3.63) is 57.3 Å². The van der Waals surface area contributed by atoms with E-state index in [0.717, 1.165) is 26.1 Å². The molecule has 1 aliphatic heterocycles. The molecule has 112 valence electrons. The van der Waals surface area contributed by atoms with Gasteiger partial charge in [-0.2, -0.15) is 0 Å². The lowest BCUT2D eigenvalue weighted by Gasteiger charge is -2.27. The minimum absolute atomic E-state index is 0.571. The maximum Gasteiger partial charge on any atom is 0.0236 e. The lowest BCUT2D eigenvalue weighted by atomic mass is 9.95. The summed E-state index contributed by atoms with van der Waals surface area (Å²) >= 11 is 1.86. The first-order chi connectivity index (χ1) is 10.2. The van der Waals surface area contributed by atoms with Gasteiger partial charge in [0.1, 0.15) is 0 Å². The summed E-state index contributed by atoms with van der Waals surface area (Å²) < 4.78 is 0. The predicted molar refractivity (Wildman–Crippen MR) is 90.8 cm³/mol. The van der Waals surface area contributed by atoms with Crippen molar-refractivity contribution < 1.29 is 0 Å². The van der Waals surface area contributed by atoms with Gasteiger partial charge in [-0.05, 0) is 61.5 Å². The third kappa shape index (κ3) is 3.54. The molecule has 0 amide bonds. The third-order valence-corrected chi connectivity index (χ3v) is 5.38. The number of rotatable bonds is 5. The Balaban J connectivity index is 1.68. The molecule has 21 heavy (non-hydrogen) atoms. The zero-order valence-corrected chi connectivity index (χ0v) is 13.7. The van der Waals surface area contributed by atoms with Crippen LogP contribution in [0.25, 0.3) is 0 Å². The van der Waals surface area contributed by atoms with Crippen LogP contribution in [0, 0.1) is 0 Å². The van der Waals surface area contributed by atoms with Crippen molar-refractivity contribution in [2.45, 2.75) is 38.9 Å². The maximum absolute atomic E-state index is 3.46. The number of benzene rings is 1. The molecule has 2 aromatic rings. The standard InChI is InChI=1S/C18H24N2S/c1-14(11-17-7-4-10-21-17)20(2)13-16-6-3-5-15-12-19-9-8-18(15)16/h3-7,10,14,19H,8-9,11-13H2,1-2H3. The predicted octanol–water partition coefficient (Wildman–Crippen LogP) is 3.46. The highest BCUT2D eigenvalue weighted by Crippen LogP contribution is 2.21. The normalized spacial score (nSPS) is 16.0. The molecule has 1 unspecified atom stereocenters. The SMILES string of the molecule is CC(Cc1cccs1)N(C)Cc1cccc2c1CCNC2. The fourth-order valence-electron chi connectivity index (χ4n) is 3.06. The Morgan fingerprint density at radius 3 is 3.00 bits per heavy atom. The highest BCUT2D eigenvalue weighted by molar-refractivity contribution is 7.09. The van der Waals surface area contributed by atoms with Crippen LogP contribution in [0.4, 0.5) is 0 Å². The van der Waals surface area contributed by atoms with Gasteiger partial charge in [0.15, 0.2) is 0 Å². The number of thiophene rings is 1. The van der Waals surface area contributed by atoms with Gasteiger partial charge < -0.3 is 5.32 Å². The maximum atomic E-state index is 3.46. The molecule has 0 saturated heterocycles. The van der Waals surface area contributed by atoms with E-state index in [4.69, 9.17) is 0 Å². The first kappa shape index (κ1) is 14.8. The summed E-state index contributed by atoms with van der Waals surface area (Å²) in [4.78, 5) is 3.96. The molecule has 0 spiro atoms. The Labute approximate surface area is 131 Å². The summed E-state index contributed by atoms with van der Waals surface area (Å²) in [5.41, 5.74) is 4.57. The van der Waals surface area contributed by atoms with Gasteiger partial charge in [-0.1, -0.05) is 24.3 Å². The summed E-state index contributed by atoms with van der Waals surface area (Å²) in [6, 6.07) is 11.7. The van der Waals surface area contributed by atoms with Crippen LogP contribution in [0.15, 0.2) is 35.7 Å². The molecule has 3 rings (SSSR count). The van der Waals surface area contributed by atoms with Crippen LogP contribution in [0.3, 0.4) is 0 Å². The number of nitrogens with one attached hydrogen (secondary N) is 1. The fraction of sp³-hybridized carbons (Fsp3) is 0.444. The van der Waals surface area contributed by atoms with Gasteiger partial charge in [-0.3, -0.25) is 4.90 Å². The Hall–Kier alpha value is -1.16. The van der Waals surface area contributed by atoms with Crippen molar-refractivity contribution >= 4 is 11.3 Å². The van der Waals surface area contributed by atoms with Crippen molar-refractivity contribution in [1.82, 2.24) is 10.2 Å². The molecule has 0 radical (unpaired) electrons. The smallest absolute Gasteiger partial charge is 0.0236 e. The summed E-state index contributed by atoms with van der Waals surface area (Å²) in [7, 11) is 2.25. The highest BCUT2D eigenvalue weighted by Gasteiger charge is 2.16. The van der Waals surface area contributed by atoms with E-state index in [2.05, 4.69) is 59.9 Å². The molecule has 1 aromatic heterocycles. The second-order valence-corrected chi connectivity index (χ2v) is 7.06. The molecular formula is C18H24N2S. The van der Waals surface area contributed by atoms with E-state index in [9.17, 15) is 0 Å². The molecule has 1 N–H and O–H groups in total. The Kier molecular flexibility index (Phi) is 4.73. The van der Waals surface area contributed by atoms with Crippen molar-refractivity contribution in [3.8, 4) is 0 Å². The average molecular weight is 300 g/mol. The zero-order valence-electron chi connectivity index (χ0n) is 12.9. The molecule has 0 fully saturated rings. The van der Waals surface area contributed by atoms with Gasteiger partial charge in [-0.25, -0.2) is 0 Å². The van der Waals surface area contributed by atoms with Crippen LogP contribution in [0.2, 0.25) is 0 Å². The molecule has 1 aliphatic rings. The quantitative estimate of drug-likeness (QED) is 0.910. The summed E-state index contributed by atoms with van der Waals surface area (Å²) in [6.45, 7) is 5.52. The molecule has 0 aliphatic carbocycles. The van der Waals surface area contributed by atoms with E-state index in [-0.39, 0.29) is 0 Å². The van der Waals surface area contributed by atoms with Crippen LogP contribution >= 0.6 is 11.3 Å². The Morgan fingerprint density at radius 2 is 2.19 bits per heavy atom. The average Bonchev–Trinajstić information content (AvgIpc) is 3.00. The number of fused-ring (bicyclic) bond motifs is 1. The van der Waals surface area contributed by atoms with Gasteiger partial charge in [0.25, 0.3) is 0 Å². The summed E-state index contributed by atoms with van der Waals surface area (Å²) in [5.74, 6) is 0. The molecule has 1 atom stereocenters. The van der Waals surface area contributed by atoms with E-state index in [1.54, 1.807) is 5.56 Å². The van der Waals surface area contributed by atoms with Crippen molar-refractivity contribution in [2.24, 2.45) is 0 Å². The topological polar surface area (TPSA) is 15.3 Å². The van der Waals surface area contributed by atoms with E-state index >= 15 is 0 Å². The number of likely N-dealkylation sites (N-methyl/N-ethyl adjacent to an activating group) is 1. The molecule has 0 bridgehead atoms. The van der Waals surface area contributed by atoms with E-state index in [1.807, 2.05) is 11.3 Å². The van der Waals surface area contributed by atoms with Crippen LogP contribution in [0.1, 0.15) is 28.5 Å². The van der Waals surface area contributed by atoms with E-state index in [1.165, 1.54) is 22.4 Å². The van der Waals surface area contributed by atoms with Crippen LogP contribution in [-0.2, 0) is 25.9 Å². The second kappa shape index (κ2) is 6.73. The highest BCUT2D eigenvalue weighted by atomic mass is 32.1. The fourth-order valence-corrected chi connectivity index (χ4v) is 3.89. The van der Waals surface area contributed by atoms with Crippen LogP contribution in [-0.4, -0.2) is 24.5 Å². The number of hydrogen-bond acceptors (Lipinski definition) is 3. The Morgan fingerprint density at radius 1 is 1.29 bits per heavy atom. The van der Waals surface area contributed by atoms with Crippen molar-refractivity contribution in [2.75, 3.05) is 13.6 Å². The van der Waals surface area contributed by atoms with Gasteiger partial charge in [0, 0.05) is 24.0 Å². The van der Waals surface area contributed by atoms with Gasteiger partial charge in [0.2, 0.25) is 0 Å². The van der Waals surface area contributed by atoms with Gasteiger partial charge in [-0.15, -0.1) is 11.3 Å². The van der Waals surface area contributed by atoms with Gasteiger partial charge >= 0.3 is 0 Å². The lowest BCUT2D eigenvalue weighted by molar-refractivity contribution is 0.248. The summed E-state index contributed by atoms with van der Waals surface area (Å²) in [5, 5.41) is 5.63.